The van der Waals surface area contributed by atoms with Gasteiger partial charge in [-0.15, -0.1) is 0 Å². The van der Waals surface area contributed by atoms with Gasteiger partial charge in [0.05, 0.1) is 17.3 Å². The first-order valence-electron chi connectivity index (χ1n) is 9.29. The summed E-state index contributed by atoms with van der Waals surface area (Å²) in [5, 5.41) is 0. The van der Waals surface area contributed by atoms with Crippen LogP contribution in [-0.2, 0) is 9.53 Å². The van der Waals surface area contributed by atoms with Gasteiger partial charge in [0.2, 0.25) is 5.91 Å². The first-order valence-corrected chi connectivity index (χ1v) is 9.29. The highest BCUT2D eigenvalue weighted by atomic mass is 16.5. The van der Waals surface area contributed by atoms with Crippen molar-refractivity contribution in [1.82, 2.24) is 9.88 Å². The molecule has 0 N–H and O–H groups in total. The number of anilines is 1. The average Bonchev–Trinajstić information content (AvgIpc) is 2.93. The molecule has 1 aromatic rings. The van der Waals surface area contributed by atoms with E-state index in [2.05, 4.69) is 9.88 Å². The second kappa shape index (κ2) is 6.81. The highest BCUT2D eigenvalue weighted by Crippen LogP contribution is 2.42. The maximum atomic E-state index is 13.2. The monoisotopic (exact) mass is 329 g/mol. The Bertz CT molecular complexity index is 573. The van der Waals surface area contributed by atoms with Crippen molar-refractivity contribution in [3.8, 4) is 0 Å². The fourth-order valence-corrected chi connectivity index (χ4v) is 4.64. The molecule has 0 unspecified atom stereocenters. The summed E-state index contributed by atoms with van der Waals surface area (Å²) in [6, 6.07) is 3.90. The molecule has 3 fully saturated rings. The van der Waals surface area contributed by atoms with E-state index in [4.69, 9.17) is 4.74 Å². The number of nitrogens with zero attached hydrogens (tertiary/aromatic N) is 3. The van der Waals surface area contributed by atoms with Gasteiger partial charge in [-0.2, -0.15) is 0 Å². The number of carbonyl (C=O) groups excluding carboxylic acids is 1. The summed E-state index contributed by atoms with van der Waals surface area (Å²) in [4.78, 5) is 21.8. The number of carbonyl (C=O) groups is 1. The number of aromatic nitrogens is 1. The lowest BCUT2D eigenvalue weighted by atomic mass is 9.78. The molecule has 0 radical (unpaired) electrons. The van der Waals surface area contributed by atoms with E-state index in [0.29, 0.717) is 5.91 Å². The zero-order valence-electron chi connectivity index (χ0n) is 14.3. The second-order valence-electron chi connectivity index (χ2n) is 7.59. The van der Waals surface area contributed by atoms with Crippen LogP contribution in [0.4, 0.5) is 5.69 Å². The summed E-state index contributed by atoms with van der Waals surface area (Å²) in [6.45, 7) is 5.83. The van der Waals surface area contributed by atoms with Gasteiger partial charge in [0.25, 0.3) is 0 Å². The van der Waals surface area contributed by atoms with Crippen LogP contribution in [0.5, 0.6) is 0 Å². The molecule has 3 saturated heterocycles. The van der Waals surface area contributed by atoms with Crippen molar-refractivity contribution in [2.24, 2.45) is 11.3 Å². The van der Waals surface area contributed by atoms with Gasteiger partial charge in [0.15, 0.2) is 0 Å². The molecule has 4 rings (SSSR count). The maximum Gasteiger partial charge on any atom is 0.234 e. The third-order valence-electron chi connectivity index (χ3n) is 5.98. The zero-order chi connectivity index (χ0) is 16.4. The molecule has 0 aromatic carbocycles. The van der Waals surface area contributed by atoms with Gasteiger partial charge < -0.3 is 14.5 Å². The molecule has 1 aromatic heterocycles. The lowest BCUT2D eigenvalue weighted by Gasteiger charge is -2.40. The molecule has 0 saturated carbocycles. The Hall–Kier alpha value is -1.46. The zero-order valence-corrected chi connectivity index (χ0v) is 14.3. The lowest BCUT2D eigenvalue weighted by molar-refractivity contribution is -0.128. The first kappa shape index (κ1) is 16.0. The molecular weight excluding hydrogens is 302 g/mol. The van der Waals surface area contributed by atoms with Gasteiger partial charge in [-0.05, 0) is 56.7 Å². The van der Waals surface area contributed by atoms with E-state index in [-0.39, 0.29) is 5.41 Å². The molecule has 1 atom stereocenters. The minimum Gasteiger partial charge on any atom is -0.381 e. The van der Waals surface area contributed by atoms with Crippen molar-refractivity contribution in [3.05, 3.63) is 24.5 Å². The normalized spacial score (nSPS) is 29.5. The number of ether oxygens (including phenoxy) is 1. The fourth-order valence-electron chi connectivity index (χ4n) is 4.64. The van der Waals surface area contributed by atoms with Crippen LogP contribution in [0.15, 0.2) is 24.5 Å². The topological polar surface area (TPSA) is 45.7 Å². The molecule has 3 aliphatic heterocycles. The van der Waals surface area contributed by atoms with Gasteiger partial charge in [-0.3, -0.25) is 9.78 Å². The van der Waals surface area contributed by atoms with Crippen LogP contribution in [0, 0.1) is 11.3 Å². The van der Waals surface area contributed by atoms with E-state index in [1.54, 1.807) is 12.4 Å². The first-order chi connectivity index (χ1) is 11.8. The highest BCUT2D eigenvalue weighted by molar-refractivity contribution is 6.00. The van der Waals surface area contributed by atoms with Gasteiger partial charge in [0.1, 0.15) is 0 Å². The van der Waals surface area contributed by atoms with Crippen LogP contribution in [0.1, 0.15) is 32.1 Å². The number of likely N-dealkylation sites (tertiary alicyclic amines) is 1. The predicted octanol–water partition coefficient (Wildman–Crippen LogP) is 2.33. The lowest BCUT2D eigenvalue weighted by Crippen LogP contribution is -2.49. The van der Waals surface area contributed by atoms with E-state index >= 15 is 0 Å². The Morgan fingerprint density at radius 2 is 2.12 bits per heavy atom. The molecule has 4 heterocycles. The van der Waals surface area contributed by atoms with Gasteiger partial charge in [-0.1, -0.05) is 0 Å². The van der Waals surface area contributed by atoms with E-state index in [0.717, 1.165) is 70.3 Å². The van der Waals surface area contributed by atoms with Gasteiger partial charge in [0, 0.05) is 39.0 Å². The Balaban J connectivity index is 1.44. The summed E-state index contributed by atoms with van der Waals surface area (Å²) in [7, 11) is 0. The van der Waals surface area contributed by atoms with Crippen molar-refractivity contribution in [2.45, 2.75) is 32.1 Å². The number of piperidine rings is 1. The number of amides is 1. The smallest absolute Gasteiger partial charge is 0.234 e. The number of rotatable bonds is 3. The molecule has 5 nitrogen and oxygen atoms in total. The minimum absolute atomic E-state index is 0.167. The van der Waals surface area contributed by atoms with Crippen LogP contribution in [0.25, 0.3) is 0 Å². The van der Waals surface area contributed by atoms with Gasteiger partial charge in [-0.25, -0.2) is 0 Å². The van der Waals surface area contributed by atoms with Crippen LogP contribution < -0.4 is 4.90 Å². The molecule has 130 valence electrons. The summed E-state index contributed by atoms with van der Waals surface area (Å²) in [6.07, 6.45) is 9.04. The maximum absolute atomic E-state index is 13.2. The standard InChI is InChI=1S/C19H27N3O2/c23-18-19(7-10-22(18)17-3-1-8-20-13-17)6-2-9-21(15-19)14-16-4-11-24-12-5-16/h1,3,8,13,16H,2,4-7,9-12,14-15H2/t19-/m1/s1. The van der Waals surface area contributed by atoms with Crippen LogP contribution in [0.3, 0.4) is 0 Å². The summed E-state index contributed by atoms with van der Waals surface area (Å²) in [5.41, 5.74) is 0.778. The van der Waals surface area contributed by atoms with E-state index in [1.165, 1.54) is 12.8 Å². The fraction of sp³-hybridized carbons (Fsp3) is 0.684. The molecule has 3 aliphatic rings. The summed E-state index contributed by atoms with van der Waals surface area (Å²) < 4.78 is 5.48. The van der Waals surface area contributed by atoms with Crippen molar-refractivity contribution in [2.75, 3.05) is 44.3 Å². The third kappa shape index (κ3) is 3.07. The van der Waals surface area contributed by atoms with E-state index in [9.17, 15) is 4.79 Å². The average molecular weight is 329 g/mol. The summed E-state index contributed by atoms with van der Waals surface area (Å²) >= 11 is 0. The number of pyridine rings is 1. The second-order valence-corrected chi connectivity index (χ2v) is 7.59. The van der Waals surface area contributed by atoms with Crippen LogP contribution >= 0.6 is 0 Å². The highest BCUT2D eigenvalue weighted by Gasteiger charge is 2.49. The van der Waals surface area contributed by atoms with Crippen molar-refractivity contribution in [1.29, 1.82) is 0 Å². The van der Waals surface area contributed by atoms with Crippen LogP contribution in [0.2, 0.25) is 0 Å². The Labute approximate surface area is 144 Å². The number of hydrogen-bond donors (Lipinski definition) is 0. The SMILES string of the molecule is O=C1N(c2cccnc2)CC[C@@]12CCCN(CC1CCOCC1)C2. The minimum atomic E-state index is -0.167. The molecule has 0 bridgehead atoms. The Morgan fingerprint density at radius 1 is 1.25 bits per heavy atom. The Morgan fingerprint density at radius 3 is 2.92 bits per heavy atom. The summed E-state index contributed by atoms with van der Waals surface area (Å²) in [5.74, 6) is 1.05. The molecule has 24 heavy (non-hydrogen) atoms. The molecule has 5 heteroatoms. The number of hydrogen-bond acceptors (Lipinski definition) is 4. The van der Waals surface area contributed by atoms with Crippen LogP contribution in [-0.4, -0.2) is 55.2 Å². The third-order valence-corrected chi connectivity index (χ3v) is 5.98. The van der Waals surface area contributed by atoms with Crippen molar-refractivity contribution < 1.29 is 9.53 Å². The quantitative estimate of drug-likeness (QED) is 0.854. The van der Waals surface area contributed by atoms with E-state index < -0.39 is 0 Å². The largest absolute Gasteiger partial charge is 0.381 e. The predicted molar refractivity (Wildman–Crippen MR) is 92.9 cm³/mol. The molecule has 0 aliphatic carbocycles. The molecule has 1 amide bonds. The molecular formula is C19H27N3O2. The van der Waals surface area contributed by atoms with Gasteiger partial charge >= 0.3 is 0 Å². The van der Waals surface area contributed by atoms with Crippen molar-refractivity contribution in [3.63, 3.8) is 0 Å². The molecule has 1 spiro atoms. The van der Waals surface area contributed by atoms with E-state index in [1.807, 2.05) is 17.0 Å². The van der Waals surface area contributed by atoms with Crippen molar-refractivity contribution >= 4 is 11.6 Å². The Kier molecular flexibility index (Phi) is 4.55.